The summed E-state index contributed by atoms with van der Waals surface area (Å²) >= 11 is 0. The van der Waals surface area contributed by atoms with Crippen molar-refractivity contribution in [3.05, 3.63) is 35.6 Å². The Kier molecular flexibility index (Phi) is 6.07. The molecular formula is C19H25NO5. The number of amides is 1. The standard InChI is InChI=1S/C19H25NO5/c1-13-6-7-15-14(12-24-16(15)10-13)11-17(21)23-9-5-8-20-18(22)25-19(2,3)4/h6-7,10,12H,5,8-9,11H2,1-4H3,(H,20,22). The second kappa shape index (κ2) is 8.05. The molecule has 0 aliphatic rings. The lowest BCUT2D eigenvalue weighted by atomic mass is 10.1. The Hall–Kier alpha value is -2.50. The van der Waals surface area contributed by atoms with Gasteiger partial charge in [0.1, 0.15) is 11.2 Å². The summed E-state index contributed by atoms with van der Waals surface area (Å²) in [5, 5.41) is 3.55. The Morgan fingerprint density at radius 2 is 2.00 bits per heavy atom. The smallest absolute Gasteiger partial charge is 0.407 e. The molecule has 0 aliphatic heterocycles. The molecule has 0 unspecified atom stereocenters. The highest BCUT2D eigenvalue weighted by atomic mass is 16.6. The third kappa shape index (κ3) is 6.14. The summed E-state index contributed by atoms with van der Waals surface area (Å²) in [6.45, 7) is 8.01. The maximum absolute atomic E-state index is 11.9. The minimum atomic E-state index is -0.525. The highest BCUT2D eigenvalue weighted by Crippen LogP contribution is 2.22. The second-order valence-electron chi connectivity index (χ2n) is 6.94. The molecule has 6 heteroatoms. The van der Waals surface area contributed by atoms with Crippen LogP contribution in [-0.4, -0.2) is 30.8 Å². The van der Waals surface area contributed by atoms with Crippen LogP contribution in [0.1, 0.15) is 38.3 Å². The predicted molar refractivity (Wildman–Crippen MR) is 94.5 cm³/mol. The van der Waals surface area contributed by atoms with Crippen LogP contribution in [-0.2, 0) is 20.7 Å². The average Bonchev–Trinajstić information content (AvgIpc) is 2.87. The van der Waals surface area contributed by atoms with Crippen LogP contribution in [0.15, 0.2) is 28.9 Å². The molecule has 1 heterocycles. The quantitative estimate of drug-likeness (QED) is 0.636. The third-order valence-corrected chi connectivity index (χ3v) is 3.40. The monoisotopic (exact) mass is 347 g/mol. The minimum absolute atomic E-state index is 0.162. The molecule has 0 radical (unpaired) electrons. The first-order chi connectivity index (χ1) is 11.7. The molecule has 1 aromatic carbocycles. The molecule has 0 saturated carbocycles. The number of carbonyl (C=O) groups excluding carboxylic acids is 2. The van der Waals surface area contributed by atoms with Crippen molar-refractivity contribution in [2.45, 2.75) is 46.1 Å². The zero-order chi connectivity index (χ0) is 18.4. The molecule has 0 aliphatic carbocycles. The first-order valence-electron chi connectivity index (χ1n) is 8.34. The van der Waals surface area contributed by atoms with Crippen molar-refractivity contribution in [1.29, 1.82) is 0 Å². The highest BCUT2D eigenvalue weighted by molar-refractivity contribution is 5.86. The van der Waals surface area contributed by atoms with Gasteiger partial charge in [0.15, 0.2) is 0 Å². The Morgan fingerprint density at radius 1 is 1.24 bits per heavy atom. The molecule has 0 bridgehead atoms. The lowest BCUT2D eigenvalue weighted by Gasteiger charge is -2.19. The zero-order valence-electron chi connectivity index (χ0n) is 15.2. The fourth-order valence-corrected chi connectivity index (χ4v) is 2.30. The summed E-state index contributed by atoms with van der Waals surface area (Å²) in [5.41, 5.74) is 2.16. The molecule has 1 amide bonds. The second-order valence-corrected chi connectivity index (χ2v) is 6.94. The summed E-state index contributed by atoms with van der Waals surface area (Å²) in [7, 11) is 0. The third-order valence-electron chi connectivity index (χ3n) is 3.40. The number of esters is 1. The molecule has 2 aromatic rings. The summed E-state index contributed by atoms with van der Waals surface area (Å²) < 4.78 is 15.8. The number of ether oxygens (including phenoxy) is 2. The first kappa shape index (κ1) is 18.8. The fourth-order valence-electron chi connectivity index (χ4n) is 2.30. The molecule has 136 valence electrons. The van der Waals surface area contributed by atoms with E-state index in [2.05, 4.69) is 5.32 Å². The van der Waals surface area contributed by atoms with Crippen LogP contribution in [0.5, 0.6) is 0 Å². The predicted octanol–water partition coefficient (Wildman–Crippen LogP) is 3.74. The van der Waals surface area contributed by atoms with Crippen LogP contribution >= 0.6 is 0 Å². The van der Waals surface area contributed by atoms with Gasteiger partial charge in [0.05, 0.1) is 19.3 Å². The average molecular weight is 347 g/mol. The van der Waals surface area contributed by atoms with Crippen LogP contribution in [0.4, 0.5) is 4.79 Å². The fraction of sp³-hybridized carbons (Fsp3) is 0.474. The summed E-state index contributed by atoms with van der Waals surface area (Å²) in [6, 6.07) is 5.86. The van der Waals surface area contributed by atoms with E-state index in [-0.39, 0.29) is 19.0 Å². The molecule has 6 nitrogen and oxygen atoms in total. The van der Waals surface area contributed by atoms with Gasteiger partial charge in [-0.05, 0) is 45.7 Å². The number of aryl methyl sites for hydroxylation is 1. The van der Waals surface area contributed by atoms with Gasteiger partial charge in [0.2, 0.25) is 0 Å². The Balaban J connectivity index is 1.70. The van der Waals surface area contributed by atoms with Gasteiger partial charge >= 0.3 is 12.1 Å². The van der Waals surface area contributed by atoms with Crippen LogP contribution in [0.25, 0.3) is 11.0 Å². The topological polar surface area (TPSA) is 77.8 Å². The largest absolute Gasteiger partial charge is 0.465 e. The molecule has 0 spiro atoms. The van der Waals surface area contributed by atoms with Crippen molar-refractivity contribution in [2.75, 3.05) is 13.2 Å². The summed E-state index contributed by atoms with van der Waals surface area (Å²) in [6.07, 6.45) is 1.81. The van der Waals surface area contributed by atoms with E-state index in [1.165, 1.54) is 0 Å². The van der Waals surface area contributed by atoms with Crippen molar-refractivity contribution < 1.29 is 23.5 Å². The minimum Gasteiger partial charge on any atom is -0.465 e. The van der Waals surface area contributed by atoms with Gasteiger partial charge < -0.3 is 19.2 Å². The van der Waals surface area contributed by atoms with Crippen molar-refractivity contribution in [3.63, 3.8) is 0 Å². The maximum atomic E-state index is 11.9. The molecular weight excluding hydrogens is 322 g/mol. The molecule has 1 aromatic heterocycles. The number of furan rings is 1. The molecule has 0 atom stereocenters. The number of fused-ring (bicyclic) bond motifs is 1. The molecule has 2 rings (SSSR count). The molecule has 0 fully saturated rings. The van der Waals surface area contributed by atoms with Gasteiger partial charge in [-0.3, -0.25) is 4.79 Å². The number of nitrogens with one attached hydrogen (secondary N) is 1. The van der Waals surface area contributed by atoms with E-state index >= 15 is 0 Å². The molecule has 25 heavy (non-hydrogen) atoms. The summed E-state index contributed by atoms with van der Waals surface area (Å²) in [4.78, 5) is 23.4. The van der Waals surface area contributed by atoms with Crippen molar-refractivity contribution >= 4 is 23.0 Å². The van der Waals surface area contributed by atoms with Gasteiger partial charge in [0, 0.05) is 17.5 Å². The first-order valence-corrected chi connectivity index (χ1v) is 8.34. The van der Waals surface area contributed by atoms with Crippen molar-refractivity contribution in [1.82, 2.24) is 5.32 Å². The van der Waals surface area contributed by atoms with E-state index in [0.29, 0.717) is 13.0 Å². The van der Waals surface area contributed by atoms with Gasteiger partial charge in [-0.15, -0.1) is 0 Å². The van der Waals surface area contributed by atoms with E-state index < -0.39 is 11.7 Å². The van der Waals surface area contributed by atoms with E-state index in [9.17, 15) is 9.59 Å². The van der Waals surface area contributed by atoms with E-state index in [1.54, 1.807) is 27.0 Å². The van der Waals surface area contributed by atoms with Gasteiger partial charge in [-0.2, -0.15) is 0 Å². The number of carbonyl (C=O) groups is 2. The number of alkyl carbamates (subject to hydrolysis) is 1. The normalized spacial score (nSPS) is 11.4. The van der Waals surface area contributed by atoms with Crippen molar-refractivity contribution in [2.24, 2.45) is 0 Å². The summed E-state index contributed by atoms with van der Waals surface area (Å²) in [5.74, 6) is -0.319. The lowest BCUT2D eigenvalue weighted by Crippen LogP contribution is -2.33. The van der Waals surface area contributed by atoms with Gasteiger partial charge in [-0.25, -0.2) is 4.79 Å². The van der Waals surface area contributed by atoms with E-state index in [4.69, 9.17) is 13.9 Å². The number of hydrogen-bond donors (Lipinski definition) is 1. The van der Waals surface area contributed by atoms with Crippen LogP contribution in [0.2, 0.25) is 0 Å². The maximum Gasteiger partial charge on any atom is 0.407 e. The number of benzene rings is 1. The Bertz CT molecular complexity index is 742. The SMILES string of the molecule is Cc1ccc2c(CC(=O)OCCCNC(=O)OC(C)(C)C)coc2c1. The Morgan fingerprint density at radius 3 is 2.72 bits per heavy atom. The number of hydrogen-bond acceptors (Lipinski definition) is 5. The van der Waals surface area contributed by atoms with Gasteiger partial charge in [0.25, 0.3) is 0 Å². The van der Waals surface area contributed by atoms with Crippen LogP contribution in [0, 0.1) is 6.92 Å². The van der Waals surface area contributed by atoms with Crippen molar-refractivity contribution in [3.8, 4) is 0 Å². The lowest BCUT2D eigenvalue weighted by molar-refractivity contribution is -0.142. The van der Waals surface area contributed by atoms with E-state index in [0.717, 1.165) is 22.1 Å². The highest BCUT2D eigenvalue weighted by Gasteiger charge is 2.15. The number of rotatable bonds is 6. The van der Waals surface area contributed by atoms with Gasteiger partial charge in [-0.1, -0.05) is 12.1 Å². The zero-order valence-corrected chi connectivity index (χ0v) is 15.2. The van der Waals surface area contributed by atoms with Crippen LogP contribution in [0.3, 0.4) is 0 Å². The van der Waals surface area contributed by atoms with Crippen LogP contribution < -0.4 is 5.32 Å². The Labute approximate surface area is 147 Å². The van der Waals surface area contributed by atoms with E-state index in [1.807, 2.05) is 25.1 Å². The molecule has 0 saturated heterocycles. The molecule has 1 N–H and O–H groups in total.